The number of esters is 1. The lowest BCUT2D eigenvalue weighted by molar-refractivity contribution is -0.155. The van der Waals surface area contributed by atoms with Gasteiger partial charge in [-0.05, 0) is 19.8 Å². The van der Waals surface area contributed by atoms with Crippen LogP contribution in [0.4, 0.5) is 0 Å². The van der Waals surface area contributed by atoms with Gasteiger partial charge in [0.2, 0.25) is 11.7 Å². The number of ether oxygens (including phenoxy) is 1. The molecule has 1 aromatic heterocycles. The van der Waals surface area contributed by atoms with Crippen molar-refractivity contribution in [3.05, 3.63) is 36.2 Å². The van der Waals surface area contributed by atoms with Gasteiger partial charge < -0.3 is 9.26 Å². The Hall–Kier alpha value is -2.17. The minimum Gasteiger partial charge on any atom is -0.465 e. The summed E-state index contributed by atoms with van der Waals surface area (Å²) in [5, 5.41) is 3.98. The molecule has 3 rings (SSSR count). The van der Waals surface area contributed by atoms with Gasteiger partial charge in [0.15, 0.2) is 0 Å². The summed E-state index contributed by atoms with van der Waals surface area (Å²) in [5.74, 6) is 0.631. The van der Waals surface area contributed by atoms with Crippen LogP contribution in [0.5, 0.6) is 0 Å². The van der Waals surface area contributed by atoms with E-state index in [0.29, 0.717) is 31.2 Å². The summed E-state index contributed by atoms with van der Waals surface area (Å²) < 4.78 is 10.5. The van der Waals surface area contributed by atoms with E-state index in [-0.39, 0.29) is 5.97 Å². The molecule has 0 amide bonds. The molecule has 0 radical (unpaired) electrons. The quantitative estimate of drug-likeness (QED) is 0.801. The number of aromatic nitrogens is 2. The topological polar surface area (TPSA) is 65.2 Å². The lowest BCUT2D eigenvalue weighted by Crippen LogP contribution is -2.44. The summed E-state index contributed by atoms with van der Waals surface area (Å²) in [6, 6.07) is 9.57. The molecule has 1 aliphatic rings. The van der Waals surface area contributed by atoms with Crippen molar-refractivity contribution in [1.82, 2.24) is 10.1 Å². The highest BCUT2D eigenvalue weighted by Crippen LogP contribution is 2.44. The van der Waals surface area contributed by atoms with E-state index >= 15 is 0 Å². The van der Waals surface area contributed by atoms with Crippen molar-refractivity contribution >= 4 is 5.97 Å². The van der Waals surface area contributed by atoms with Crippen LogP contribution in [0.15, 0.2) is 34.9 Å². The van der Waals surface area contributed by atoms with Gasteiger partial charge in [0, 0.05) is 5.56 Å². The minimum atomic E-state index is -0.726. The molecule has 1 fully saturated rings. The standard InChI is InChI=1S/C15H16N2O3/c1-2-19-14(18)15(9-6-10-15)13-16-12(17-20-13)11-7-4-3-5-8-11/h3-5,7-8H,2,6,9-10H2,1H3. The fourth-order valence-electron chi connectivity index (χ4n) is 2.43. The van der Waals surface area contributed by atoms with Crippen LogP contribution in [0.1, 0.15) is 32.1 Å². The third-order valence-electron chi connectivity index (χ3n) is 3.74. The van der Waals surface area contributed by atoms with E-state index in [9.17, 15) is 4.79 Å². The Balaban J connectivity index is 1.91. The molecule has 1 aliphatic carbocycles. The summed E-state index contributed by atoms with van der Waals surface area (Å²) in [6.07, 6.45) is 2.40. The Morgan fingerprint density at radius 2 is 2.10 bits per heavy atom. The van der Waals surface area contributed by atoms with Crippen LogP contribution in [0.2, 0.25) is 0 Å². The van der Waals surface area contributed by atoms with Gasteiger partial charge in [-0.1, -0.05) is 41.9 Å². The van der Waals surface area contributed by atoms with Crippen LogP contribution in [-0.4, -0.2) is 22.7 Å². The molecule has 0 spiro atoms. The second-order valence-corrected chi connectivity index (χ2v) is 4.95. The molecule has 0 N–H and O–H groups in total. The average molecular weight is 272 g/mol. The number of rotatable bonds is 4. The maximum absolute atomic E-state index is 12.1. The molecular weight excluding hydrogens is 256 g/mol. The predicted octanol–water partition coefficient (Wildman–Crippen LogP) is 2.72. The van der Waals surface area contributed by atoms with Crippen LogP contribution in [0.25, 0.3) is 11.4 Å². The zero-order valence-corrected chi connectivity index (χ0v) is 11.3. The Morgan fingerprint density at radius 1 is 1.35 bits per heavy atom. The third-order valence-corrected chi connectivity index (χ3v) is 3.74. The van der Waals surface area contributed by atoms with Crippen molar-refractivity contribution in [1.29, 1.82) is 0 Å². The molecule has 1 aromatic carbocycles. The maximum atomic E-state index is 12.1. The highest BCUT2D eigenvalue weighted by molar-refractivity contribution is 5.83. The van der Waals surface area contributed by atoms with E-state index in [1.54, 1.807) is 6.92 Å². The largest absolute Gasteiger partial charge is 0.465 e. The fourth-order valence-corrected chi connectivity index (χ4v) is 2.43. The molecule has 1 saturated carbocycles. The molecule has 0 bridgehead atoms. The molecule has 5 heteroatoms. The predicted molar refractivity (Wildman–Crippen MR) is 71.9 cm³/mol. The zero-order chi connectivity index (χ0) is 14.0. The number of nitrogens with zero attached hydrogens (tertiary/aromatic N) is 2. The van der Waals surface area contributed by atoms with E-state index in [4.69, 9.17) is 9.26 Å². The minimum absolute atomic E-state index is 0.255. The first-order valence-electron chi connectivity index (χ1n) is 6.83. The second kappa shape index (κ2) is 5.07. The summed E-state index contributed by atoms with van der Waals surface area (Å²) in [5.41, 5.74) is 0.150. The zero-order valence-electron chi connectivity index (χ0n) is 11.3. The van der Waals surface area contributed by atoms with Crippen LogP contribution < -0.4 is 0 Å². The molecule has 0 atom stereocenters. The molecule has 5 nitrogen and oxygen atoms in total. The number of hydrogen-bond acceptors (Lipinski definition) is 5. The first kappa shape index (κ1) is 12.8. The van der Waals surface area contributed by atoms with Gasteiger partial charge >= 0.3 is 5.97 Å². The summed E-state index contributed by atoms with van der Waals surface area (Å²) in [7, 11) is 0. The number of benzene rings is 1. The van der Waals surface area contributed by atoms with Crippen LogP contribution >= 0.6 is 0 Å². The van der Waals surface area contributed by atoms with Gasteiger partial charge in [-0.3, -0.25) is 4.79 Å². The number of carbonyl (C=O) groups is 1. The van der Waals surface area contributed by atoms with Gasteiger partial charge in [0.1, 0.15) is 5.41 Å². The van der Waals surface area contributed by atoms with E-state index in [1.807, 2.05) is 30.3 Å². The lowest BCUT2D eigenvalue weighted by atomic mass is 9.68. The summed E-state index contributed by atoms with van der Waals surface area (Å²) in [4.78, 5) is 16.5. The molecule has 0 unspecified atom stereocenters. The molecule has 2 aromatic rings. The fraction of sp³-hybridized carbons (Fsp3) is 0.400. The van der Waals surface area contributed by atoms with Crippen molar-refractivity contribution in [2.24, 2.45) is 0 Å². The third kappa shape index (κ3) is 1.99. The molecule has 1 heterocycles. The Bertz CT molecular complexity index is 603. The van der Waals surface area contributed by atoms with E-state index in [2.05, 4.69) is 10.1 Å². The average Bonchev–Trinajstić information content (AvgIpc) is 2.89. The molecular formula is C15H16N2O3. The smallest absolute Gasteiger partial charge is 0.321 e. The van der Waals surface area contributed by atoms with Crippen LogP contribution in [0, 0.1) is 0 Å². The number of carbonyl (C=O) groups excluding carboxylic acids is 1. The normalized spacial score (nSPS) is 16.4. The van der Waals surface area contributed by atoms with Crippen molar-refractivity contribution in [2.45, 2.75) is 31.6 Å². The summed E-state index contributed by atoms with van der Waals surface area (Å²) in [6.45, 7) is 2.16. The van der Waals surface area contributed by atoms with Crippen LogP contribution in [0.3, 0.4) is 0 Å². The van der Waals surface area contributed by atoms with Crippen LogP contribution in [-0.2, 0) is 14.9 Å². The first-order chi connectivity index (χ1) is 9.76. The van der Waals surface area contributed by atoms with Crippen molar-refractivity contribution in [3.63, 3.8) is 0 Å². The van der Waals surface area contributed by atoms with Crippen molar-refractivity contribution < 1.29 is 14.1 Å². The summed E-state index contributed by atoms with van der Waals surface area (Å²) >= 11 is 0. The number of hydrogen-bond donors (Lipinski definition) is 0. The lowest BCUT2D eigenvalue weighted by Gasteiger charge is -2.35. The van der Waals surface area contributed by atoms with Gasteiger partial charge in [0.05, 0.1) is 6.61 Å². The highest BCUT2D eigenvalue weighted by Gasteiger charge is 2.51. The molecule has 104 valence electrons. The van der Waals surface area contributed by atoms with Gasteiger partial charge in [0.25, 0.3) is 0 Å². The van der Waals surface area contributed by atoms with Gasteiger partial charge in [-0.15, -0.1) is 0 Å². The molecule has 0 saturated heterocycles. The molecule has 20 heavy (non-hydrogen) atoms. The molecule has 0 aliphatic heterocycles. The van der Waals surface area contributed by atoms with E-state index in [0.717, 1.165) is 12.0 Å². The van der Waals surface area contributed by atoms with Crippen molar-refractivity contribution in [2.75, 3.05) is 6.61 Å². The monoisotopic (exact) mass is 272 g/mol. The van der Waals surface area contributed by atoms with Gasteiger partial charge in [-0.2, -0.15) is 4.98 Å². The van der Waals surface area contributed by atoms with Crippen molar-refractivity contribution in [3.8, 4) is 11.4 Å². The Kier molecular flexibility index (Phi) is 3.26. The first-order valence-corrected chi connectivity index (χ1v) is 6.83. The second-order valence-electron chi connectivity index (χ2n) is 4.95. The maximum Gasteiger partial charge on any atom is 0.321 e. The Labute approximate surface area is 116 Å². The van der Waals surface area contributed by atoms with E-state index < -0.39 is 5.41 Å². The Morgan fingerprint density at radius 3 is 2.70 bits per heavy atom. The van der Waals surface area contributed by atoms with E-state index in [1.165, 1.54) is 0 Å². The highest BCUT2D eigenvalue weighted by atomic mass is 16.5. The SMILES string of the molecule is CCOC(=O)C1(c2nc(-c3ccccc3)no2)CCC1. The van der Waals surface area contributed by atoms with Gasteiger partial charge in [-0.25, -0.2) is 0 Å².